The SMILES string of the molecule is C[C@@H](CNC(=O)NC[C@H]1CCOC1)Oc1cccc(F)c1. The van der Waals surface area contributed by atoms with Gasteiger partial charge in [0.2, 0.25) is 0 Å². The molecule has 1 heterocycles. The zero-order valence-electron chi connectivity index (χ0n) is 12.1. The zero-order valence-corrected chi connectivity index (χ0v) is 12.1. The third kappa shape index (κ3) is 5.59. The van der Waals surface area contributed by atoms with Crippen LogP contribution < -0.4 is 15.4 Å². The predicted molar refractivity (Wildman–Crippen MR) is 76.8 cm³/mol. The van der Waals surface area contributed by atoms with Crippen LogP contribution >= 0.6 is 0 Å². The largest absolute Gasteiger partial charge is 0.489 e. The first kappa shape index (κ1) is 15.6. The van der Waals surface area contributed by atoms with Crippen molar-refractivity contribution in [2.45, 2.75) is 19.4 Å². The van der Waals surface area contributed by atoms with Crippen molar-refractivity contribution in [2.75, 3.05) is 26.3 Å². The van der Waals surface area contributed by atoms with Crippen LogP contribution in [0, 0.1) is 11.7 Å². The Balaban J connectivity index is 1.63. The minimum atomic E-state index is -0.343. The Labute approximate surface area is 123 Å². The van der Waals surface area contributed by atoms with E-state index in [1.165, 1.54) is 12.1 Å². The lowest BCUT2D eigenvalue weighted by molar-refractivity contribution is 0.184. The van der Waals surface area contributed by atoms with Crippen LogP contribution in [0.4, 0.5) is 9.18 Å². The molecular weight excluding hydrogens is 275 g/mol. The Hall–Kier alpha value is -1.82. The van der Waals surface area contributed by atoms with Gasteiger partial charge in [0, 0.05) is 25.1 Å². The average molecular weight is 296 g/mol. The highest BCUT2D eigenvalue weighted by Gasteiger charge is 2.16. The van der Waals surface area contributed by atoms with Gasteiger partial charge in [-0.05, 0) is 25.5 Å². The number of nitrogens with one attached hydrogen (secondary N) is 2. The highest BCUT2D eigenvalue weighted by Crippen LogP contribution is 2.13. The summed E-state index contributed by atoms with van der Waals surface area (Å²) in [5, 5.41) is 5.54. The summed E-state index contributed by atoms with van der Waals surface area (Å²) >= 11 is 0. The predicted octanol–water partition coefficient (Wildman–Crippen LogP) is 1.93. The Morgan fingerprint density at radius 1 is 1.52 bits per heavy atom. The minimum Gasteiger partial charge on any atom is -0.489 e. The summed E-state index contributed by atoms with van der Waals surface area (Å²) in [5.74, 6) is 0.508. The maximum Gasteiger partial charge on any atom is 0.314 e. The van der Waals surface area contributed by atoms with Crippen LogP contribution in [0.2, 0.25) is 0 Å². The summed E-state index contributed by atoms with van der Waals surface area (Å²) < 4.78 is 23.8. The molecule has 1 aliphatic rings. The number of ether oxygens (including phenoxy) is 2. The number of halogens is 1. The van der Waals surface area contributed by atoms with E-state index < -0.39 is 0 Å². The summed E-state index contributed by atoms with van der Waals surface area (Å²) in [6, 6.07) is 5.71. The minimum absolute atomic E-state index is 0.225. The van der Waals surface area contributed by atoms with Crippen LogP contribution in [0.3, 0.4) is 0 Å². The van der Waals surface area contributed by atoms with Gasteiger partial charge in [0.25, 0.3) is 0 Å². The standard InChI is InChI=1S/C15H21FN2O3/c1-11(21-14-4-2-3-13(16)7-14)8-17-15(19)18-9-12-5-6-20-10-12/h2-4,7,11-12H,5-6,8-10H2,1H3,(H2,17,18,19)/t11-,12+/m0/s1. The van der Waals surface area contributed by atoms with Gasteiger partial charge in [-0.3, -0.25) is 0 Å². The van der Waals surface area contributed by atoms with E-state index in [2.05, 4.69) is 10.6 Å². The lowest BCUT2D eigenvalue weighted by Gasteiger charge is -2.16. The molecule has 5 nitrogen and oxygen atoms in total. The molecule has 2 amide bonds. The van der Waals surface area contributed by atoms with Crippen LogP contribution in [0.25, 0.3) is 0 Å². The van der Waals surface area contributed by atoms with E-state index in [-0.39, 0.29) is 18.0 Å². The second-order valence-electron chi connectivity index (χ2n) is 5.21. The van der Waals surface area contributed by atoms with Crippen molar-refractivity contribution in [2.24, 2.45) is 5.92 Å². The van der Waals surface area contributed by atoms with Crippen molar-refractivity contribution >= 4 is 6.03 Å². The highest BCUT2D eigenvalue weighted by molar-refractivity contribution is 5.73. The van der Waals surface area contributed by atoms with Gasteiger partial charge in [0.05, 0.1) is 13.2 Å². The molecule has 0 aromatic heterocycles. The van der Waals surface area contributed by atoms with Crippen molar-refractivity contribution < 1.29 is 18.7 Å². The van der Waals surface area contributed by atoms with Gasteiger partial charge in [-0.15, -0.1) is 0 Å². The summed E-state index contributed by atoms with van der Waals surface area (Å²) in [6.07, 6.45) is 0.742. The zero-order chi connectivity index (χ0) is 15.1. The fourth-order valence-electron chi connectivity index (χ4n) is 2.09. The molecule has 116 valence electrons. The third-order valence-electron chi connectivity index (χ3n) is 3.26. The molecular formula is C15H21FN2O3. The summed E-state index contributed by atoms with van der Waals surface area (Å²) in [5.41, 5.74) is 0. The molecule has 21 heavy (non-hydrogen) atoms. The second-order valence-corrected chi connectivity index (χ2v) is 5.21. The highest BCUT2D eigenvalue weighted by atomic mass is 19.1. The molecule has 2 rings (SSSR count). The normalized spacial score (nSPS) is 19.0. The number of hydrogen-bond donors (Lipinski definition) is 2. The number of rotatable bonds is 6. The van der Waals surface area contributed by atoms with Gasteiger partial charge in [0.15, 0.2) is 0 Å². The molecule has 1 saturated heterocycles. The van der Waals surface area contributed by atoms with Crippen molar-refractivity contribution in [3.05, 3.63) is 30.1 Å². The van der Waals surface area contributed by atoms with Gasteiger partial charge in [-0.25, -0.2) is 9.18 Å². The van der Waals surface area contributed by atoms with E-state index in [0.717, 1.165) is 13.0 Å². The maximum atomic E-state index is 13.0. The molecule has 0 aliphatic carbocycles. The first-order valence-electron chi connectivity index (χ1n) is 7.15. The number of hydrogen-bond acceptors (Lipinski definition) is 3. The molecule has 0 saturated carbocycles. The molecule has 1 fully saturated rings. The van der Waals surface area contributed by atoms with E-state index in [1.807, 2.05) is 6.92 Å². The van der Waals surface area contributed by atoms with Crippen molar-refractivity contribution in [3.8, 4) is 5.75 Å². The van der Waals surface area contributed by atoms with Crippen LogP contribution in [-0.2, 0) is 4.74 Å². The third-order valence-corrected chi connectivity index (χ3v) is 3.26. The molecule has 0 unspecified atom stereocenters. The van der Waals surface area contributed by atoms with Crippen molar-refractivity contribution in [1.29, 1.82) is 0 Å². The average Bonchev–Trinajstić information content (AvgIpc) is 2.96. The number of carbonyl (C=O) groups is 1. The maximum absolute atomic E-state index is 13.0. The number of amides is 2. The Morgan fingerprint density at radius 3 is 3.10 bits per heavy atom. The molecule has 0 spiro atoms. The Morgan fingerprint density at radius 2 is 2.38 bits per heavy atom. The first-order chi connectivity index (χ1) is 10.1. The topological polar surface area (TPSA) is 59.6 Å². The van der Waals surface area contributed by atoms with E-state index in [0.29, 0.717) is 31.4 Å². The lowest BCUT2D eigenvalue weighted by atomic mass is 10.1. The van der Waals surface area contributed by atoms with Gasteiger partial charge in [0.1, 0.15) is 17.7 Å². The number of benzene rings is 1. The van der Waals surface area contributed by atoms with Crippen LogP contribution in [-0.4, -0.2) is 38.4 Å². The smallest absolute Gasteiger partial charge is 0.314 e. The van der Waals surface area contributed by atoms with E-state index in [4.69, 9.17) is 9.47 Å². The van der Waals surface area contributed by atoms with E-state index in [9.17, 15) is 9.18 Å². The quantitative estimate of drug-likeness (QED) is 0.843. The first-order valence-corrected chi connectivity index (χ1v) is 7.15. The molecule has 2 atom stereocenters. The molecule has 1 aromatic carbocycles. The van der Waals surface area contributed by atoms with E-state index in [1.54, 1.807) is 12.1 Å². The summed E-state index contributed by atoms with van der Waals surface area (Å²) in [6.45, 7) is 4.26. The Bertz CT molecular complexity index is 464. The van der Waals surface area contributed by atoms with Gasteiger partial charge in [-0.1, -0.05) is 6.07 Å². The second kappa shape index (κ2) is 7.83. The Kier molecular flexibility index (Phi) is 5.80. The molecule has 1 aliphatic heterocycles. The van der Waals surface area contributed by atoms with E-state index >= 15 is 0 Å². The van der Waals surface area contributed by atoms with Crippen LogP contribution in [0.5, 0.6) is 5.75 Å². The van der Waals surface area contributed by atoms with Crippen LogP contribution in [0.15, 0.2) is 24.3 Å². The van der Waals surface area contributed by atoms with Gasteiger partial charge in [-0.2, -0.15) is 0 Å². The molecule has 6 heteroatoms. The monoisotopic (exact) mass is 296 g/mol. The van der Waals surface area contributed by atoms with Crippen molar-refractivity contribution in [3.63, 3.8) is 0 Å². The van der Waals surface area contributed by atoms with Crippen molar-refractivity contribution in [1.82, 2.24) is 10.6 Å². The molecule has 2 N–H and O–H groups in total. The lowest BCUT2D eigenvalue weighted by Crippen LogP contribution is -2.42. The number of carbonyl (C=O) groups excluding carboxylic acids is 1. The molecule has 0 bridgehead atoms. The molecule has 0 radical (unpaired) electrons. The van der Waals surface area contributed by atoms with Gasteiger partial charge < -0.3 is 20.1 Å². The fraction of sp³-hybridized carbons (Fsp3) is 0.533. The summed E-state index contributed by atoms with van der Waals surface area (Å²) in [7, 11) is 0. The van der Waals surface area contributed by atoms with Gasteiger partial charge >= 0.3 is 6.03 Å². The molecule has 1 aromatic rings. The summed E-state index contributed by atoms with van der Waals surface area (Å²) in [4.78, 5) is 11.6. The number of urea groups is 1. The fourth-order valence-corrected chi connectivity index (χ4v) is 2.09. The van der Waals surface area contributed by atoms with Crippen LogP contribution in [0.1, 0.15) is 13.3 Å².